The van der Waals surface area contributed by atoms with E-state index in [-0.39, 0.29) is 0 Å². The summed E-state index contributed by atoms with van der Waals surface area (Å²) in [6, 6.07) is 0. The van der Waals surface area contributed by atoms with Crippen molar-refractivity contribution in [3.63, 3.8) is 0 Å². The highest BCUT2D eigenvalue weighted by molar-refractivity contribution is 5.03. The lowest BCUT2D eigenvalue weighted by atomic mass is 9.70. The van der Waals surface area contributed by atoms with Gasteiger partial charge in [0.25, 0.3) is 0 Å². The molecule has 1 fully saturated rings. The first-order valence-corrected chi connectivity index (χ1v) is 4.51. The highest BCUT2D eigenvalue weighted by Crippen LogP contribution is 2.47. The maximum atomic E-state index is 2.47. The molecule has 1 rings (SSSR count). The van der Waals surface area contributed by atoms with Gasteiger partial charge in [0.05, 0.1) is 0 Å². The highest BCUT2D eigenvalue weighted by Gasteiger charge is 2.49. The van der Waals surface area contributed by atoms with Crippen LogP contribution in [0.25, 0.3) is 0 Å². The molecule has 1 unspecified atom stereocenters. The van der Waals surface area contributed by atoms with Crippen molar-refractivity contribution in [2.75, 3.05) is 13.6 Å². The van der Waals surface area contributed by atoms with E-state index < -0.39 is 0 Å². The zero-order chi connectivity index (χ0) is 8.86. The van der Waals surface area contributed by atoms with Crippen LogP contribution in [0, 0.1) is 11.3 Å². The van der Waals surface area contributed by atoms with Crippen molar-refractivity contribution in [3.8, 4) is 0 Å². The molecule has 0 spiro atoms. The molecule has 1 aliphatic heterocycles. The summed E-state index contributed by atoms with van der Waals surface area (Å²) in [5, 5.41) is 0. The van der Waals surface area contributed by atoms with E-state index in [1.165, 1.54) is 6.54 Å². The summed E-state index contributed by atoms with van der Waals surface area (Å²) in [6.07, 6.45) is 0. The largest absolute Gasteiger partial charge is 0.300 e. The SMILES string of the molecule is CC1CN(C)C(C)(C)C1(C)C. The lowest BCUT2D eigenvalue weighted by Gasteiger charge is -2.40. The summed E-state index contributed by atoms with van der Waals surface area (Å²) in [7, 11) is 2.23. The van der Waals surface area contributed by atoms with E-state index in [9.17, 15) is 0 Å². The van der Waals surface area contributed by atoms with Crippen LogP contribution in [0.2, 0.25) is 0 Å². The Hall–Kier alpha value is -0.0400. The highest BCUT2D eigenvalue weighted by atomic mass is 15.2. The van der Waals surface area contributed by atoms with Gasteiger partial charge in [-0.1, -0.05) is 20.8 Å². The van der Waals surface area contributed by atoms with Gasteiger partial charge in [-0.05, 0) is 32.2 Å². The number of nitrogens with zero attached hydrogens (tertiary/aromatic N) is 1. The minimum absolute atomic E-state index is 0.354. The Morgan fingerprint density at radius 3 is 1.73 bits per heavy atom. The third-order valence-corrected chi connectivity index (χ3v) is 4.31. The van der Waals surface area contributed by atoms with E-state index in [1.807, 2.05) is 0 Å². The van der Waals surface area contributed by atoms with Gasteiger partial charge >= 0.3 is 0 Å². The van der Waals surface area contributed by atoms with E-state index in [4.69, 9.17) is 0 Å². The van der Waals surface area contributed by atoms with E-state index in [0.29, 0.717) is 11.0 Å². The van der Waals surface area contributed by atoms with Crippen molar-refractivity contribution in [1.29, 1.82) is 0 Å². The molecule has 0 aromatic carbocycles. The lowest BCUT2D eigenvalue weighted by molar-refractivity contribution is 0.103. The first-order chi connectivity index (χ1) is 4.80. The molecule has 11 heavy (non-hydrogen) atoms. The molecule has 0 N–H and O–H groups in total. The van der Waals surface area contributed by atoms with Crippen LogP contribution in [-0.4, -0.2) is 24.0 Å². The van der Waals surface area contributed by atoms with Crippen LogP contribution in [0.3, 0.4) is 0 Å². The van der Waals surface area contributed by atoms with Crippen LogP contribution >= 0.6 is 0 Å². The Kier molecular flexibility index (Phi) is 1.83. The summed E-state index contributed by atoms with van der Waals surface area (Å²) < 4.78 is 0. The third-order valence-electron chi connectivity index (χ3n) is 4.31. The maximum Gasteiger partial charge on any atom is 0.0204 e. The predicted molar refractivity (Wildman–Crippen MR) is 49.7 cm³/mol. The number of likely N-dealkylation sites (tertiary alicyclic amines) is 1. The summed E-state index contributed by atoms with van der Waals surface area (Å²) >= 11 is 0. The maximum absolute atomic E-state index is 2.47. The minimum Gasteiger partial charge on any atom is -0.300 e. The second-order valence-corrected chi connectivity index (χ2v) is 5.06. The van der Waals surface area contributed by atoms with Crippen LogP contribution in [-0.2, 0) is 0 Å². The molecule has 0 radical (unpaired) electrons. The molecule has 0 aromatic rings. The van der Waals surface area contributed by atoms with Crippen LogP contribution in [0.1, 0.15) is 34.6 Å². The van der Waals surface area contributed by atoms with E-state index >= 15 is 0 Å². The molecule has 0 saturated carbocycles. The molecule has 0 amide bonds. The molecule has 1 heteroatoms. The molecule has 66 valence electrons. The fourth-order valence-corrected chi connectivity index (χ4v) is 1.96. The fourth-order valence-electron chi connectivity index (χ4n) is 1.96. The van der Waals surface area contributed by atoms with Gasteiger partial charge in [0, 0.05) is 12.1 Å². The Morgan fingerprint density at radius 1 is 1.18 bits per heavy atom. The van der Waals surface area contributed by atoms with Crippen LogP contribution in [0.5, 0.6) is 0 Å². The Labute approximate surface area is 70.8 Å². The molecule has 0 aliphatic carbocycles. The molecule has 0 aromatic heterocycles. The van der Waals surface area contributed by atoms with Gasteiger partial charge < -0.3 is 4.90 Å². The van der Waals surface area contributed by atoms with E-state index in [1.54, 1.807) is 0 Å². The van der Waals surface area contributed by atoms with Gasteiger partial charge in [-0.2, -0.15) is 0 Å². The van der Waals surface area contributed by atoms with E-state index in [0.717, 1.165) is 5.92 Å². The van der Waals surface area contributed by atoms with Gasteiger partial charge in [-0.3, -0.25) is 0 Å². The van der Waals surface area contributed by atoms with Crippen LogP contribution < -0.4 is 0 Å². The molecule has 1 heterocycles. The van der Waals surface area contributed by atoms with Gasteiger partial charge in [0.15, 0.2) is 0 Å². The standard InChI is InChI=1S/C10H21N/c1-8-7-11(6)10(4,5)9(8,2)3/h8H,7H2,1-6H3. The van der Waals surface area contributed by atoms with Crippen LogP contribution in [0.15, 0.2) is 0 Å². The smallest absolute Gasteiger partial charge is 0.0204 e. The Bertz CT molecular complexity index is 140. The lowest BCUT2D eigenvalue weighted by Crippen LogP contribution is -2.45. The molecule has 1 aliphatic rings. The Morgan fingerprint density at radius 2 is 1.64 bits per heavy atom. The van der Waals surface area contributed by atoms with E-state index in [2.05, 4.69) is 46.6 Å². The summed E-state index contributed by atoms with van der Waals surface area (Å²) in [6.45, 7) is 13.0. The first-order valence-electron chi connectivity index (χ1n) is 4.51. The second-order valence-electron chi connectivity index (χ2n) is 5.06. The average Bonchev–Trinajstić information content (AvgIpc) is 1.95. The van der Waals surface area contributed by atoms with Crippen molar-refractivity contribution in [2.24, 2.45) is 11.3 Å². The van der Waals surface area contributed by atoms with Gasteiger partial charge in [0.2, 0.25) is 0 Å². The van der Waals surface area contributed by atoms with Crippen molar-refractivity contribution >= 4 is 0 Å². The molecule has 1 saturated heterocycles. The van der Waals surface area contributed by atoms with Crippen molar-refractivity contribution in [3.05, 3.63) is 0 Å². The van der Waals surface area contributed by atoms with Gasteiger partial charge in [-0.15, -0.1) is 0 Å². The summed E-state index contributed by atoms with van der Waals surface area (Å²) in [4.78, 5) is 2.47. The molecule has 1 nitrogen and oxygen atoms in total. The van der Waals surface area contributed by atoms with Crippen LogP contribution in [0.4, 0.5) is 0 Å². The van der Waals surface area contributed by atoms with Gasteiger partial charge in [0.1, 0.15) is 0 Å². The Balaban J connectivity index is 2.95. The molecular formula is C10H21N. The quantitative estimate of drug-likeness (QED) is 0.519. The average molecular weight is 155 g/mol. The predicted octanol–water partition coefficient (Wildman–Crippen LogP) is 2.37. The first kappa shape index (κ1) is 9.05. The number of hydrogen-bond acceptors (Lipinski definition) is 1. The minimum atomic E-state index is 0.354. The normalized spacial score (nSPS) is 36.0. The topological polar surface area (TPSA) is 3.24 Å². The van der Waals surface area contributed by atoms with Gasteiger partial charge in [-0.25, -0.2) is 0 Å². The van der Waals surface area contributed by atoms with Crippen molar-refractivity contribution in [1.82, 2.24) is 4.90 Å². The third kappa shape index (κ3) is 1.01. The molecular weight excluding hydrogens is 134 g/mol. The van der Waals surface area contributed by atoms with Crippen molar-refractivity contribution in [2.45, 2.75) is 40.2 Å². The zero-order valence-electron chi connectivity index (χ0n) is 8.73. The number of hydrogen-bond donors (Lipinski definition) is 0. The number of rotatable bonds is 0. The fraction of sp³-hybridized carbons (Fsp3) is 1.00. The zero-order valence-corrected chi connectivity index (χ0v) is 8.73. The summed E-state index contributed by atoms with van der Waals surface area (Å²) in [5.74, 6) is 0.808. The second kappa shape index (κ2) is 2.22. The summed E-state index contributed by atoms with van der Waals surface area (Å²) in [5.41, 5.74) is 0.800. The molecule has 1 atom stereocenters. The van der Waals surface area contributed by atoms with Crippen molar-refractivity contribution < 1.29 is 0 Å². The molecule has 0 bridgehead atoms. The monoisotopic (exact) mass is 155 g/mol.